The summed E-state index contributed by atoms with van der Waals surface area (Å²) in [4.78, 5) is 4.24. The number of aryl methyl sites for hydroxylation is 2. The van der Waals surface area contributed by atoms with Gasteiger partial charge in [0.05, 0.1) is 12.3 Å². The van der Waals surface area contributed by atoms with Crippen molar-refractivity contribution in [3.63, 3.8) is 0 Å². The molecule has 1 aliphatic rings. The highest BCUT2D eigenvalue weighted by molar-refractivity contribution is 7.89. The summed E-state index contributed by atoms with van der Waals surface area (Å²) in [6.45, 7) is 12.2. The molecule has 160 valence electrons. The number of aromatic nitrogens is 4. The molecule has 0 spiro atoms. The van der Waals surface area contributed by atoms with E-state index in [-0.39, 0.29) is 10.4 Å². The standard InChI is InChI=1S/C20H31N5O3S/c1-6-24-13-19(21-15(24)2)29(26,27)25-11-9-16(10-12-25)14-28-18-8-7-17(22-23-18)20(3,4)5/h7-8,13,16H,6,9-12,14H2,1-5H3. The van der Waals surface area contributed by atoms with Crippen molar-refractivity contribution in [1.29, 1.82) is 0 Å². The van der Waals surface area contributed by atoms with Gasteiger partial charge in [0.1, 0.15) is 5.82 Å². The molecule has 29 heavy (non-hydrogen) atoms. The molecule has 0 aromatic carbocycles. The van der Waals surface area contributed by atoms with E-state index in [0.29, 0.717) is 43.9 Å². The highest BCUT2D eigenvalue weighted by Crippen LogP contribution is 2.25. The van der Waals surface area contributed by atoms with Crippen LogP contribution in [0.3, 0.4) is 0 Å². The number of ether oxygens (including phenoxy) is 1. The number of imidazole rings is 1. The Labute approximate surface area is 173 Å². The maximum Gasteiger partial charge on any atom is 0.262 e. The van der Waals surface area contributed by atoms with Crippen LogP contribution in [0, 0.1) is 12.8 Å². The van der Waals surface area contributed by atoms with Crippen LogP contribution in [0.25, 0.3) is 0 Å². The van der Waals surface area contributed by atoms with Crippen molar-refractivity contribution in [2.75, 3.05) is 19.7 Å². The lowest BCUT2D eigenvalue weighted by Crippen LogP contribution is -2.39. The number of nitrogens with zero attached hydrogens (tertiary/aromatic N) is 5. The average Bonchev–Trinajstić information content (AvgIpc) is 3.08. The van der Waals surface area contributed by atoms with Crippen LogP contribution in [0.2, 0.25) is 0 Å². The maximum atomic E-state index is 12.9. The fourth-order valence-electron chi connectivity index (χ4n) is 3.37. The first kappa shape index (κ1) is 21.7. The van der Waals surface area contributed by atoms with Crippen molar-refractivity contribution in [1.82, 2.24) is 24.1 Å². The molecule has 0 atom stereocenters. The maximum absolute atomic E-state index is 12.9. The van der Waals surface area contributed by atoms with Gasteiger partial charge >= 0.3 is 0 Å². The Morgan fingerprint density at radius 3 is 2.38 bits per heavy atom. The van der Waals surface area contributed by atoms with Gasteiger partial charge in [0.15, 0.2) is 5.03 Å². The second kappa shape index (κ2) is 8.39. The van der Waals surface area contributed by atoms with E-state index in [4.69, 9.17) is 4.74 Å². The van der Waals surface area contributed by atoms with Crippen LogP contribution >= 0.6 is 0 Å². The minimum Gasteiger partial charge on any atom is -0.476 e. The molecule has 2 aromatic heterocycles. The van der Waals surface area contributed by atoms with E-state index in [0.717, 1.165) is 18.5 Å². The quantitative estimate of drug-likeness (QED) is 0.712. The van der Waals surface area contributed by atoms with E-state index in [1.165, 1.54) is 4.31 Å². The Balaban J connectivity index is 1.53. The Morgan fingerprint density at radius 2 is 1.86 bits per heavy atom. The van der Waals surface area contributed by atoms with Gasteiger partial charge in [0, 0.05) is 37.3 Å². The number of rotatable bonds is 6. The summed E-state index contributed by atoms with van der Waals surface area (Å²) in [5.41, 5.74) is 0.874. The number of piperidine rings is 1. The predicted octanol–water partition coefficient (Wildman–Crippen LogP) is 2.78. The molecule has 1 saturated heterocycles. The predicted molar refractivity (Wildman–Crippen MR) is 110 cm³/mol. The molecule has 1 fully saturated rings. The van der Waals surface area contributed by atoms with E-state index >= 15 is 0 Å². The summed E-state index contributed by atoms with van der Waals surface area (Å²) < 4.78 is 34.9. The minimum atomic E-state index is -3.54. The van der Waals surface area contributed by atoms with Crippen molar-refractivity contribution < 1.29 is 13.2 Å². The van der Waals surface area contributed by atoms with E-state index in [9.17, 15) is 8.42 Å². The fraction of sp³-hybridized carbons (Fsp3) is 0.650. The monoisotopic (exact) mass is 421 g/mol. The first-order valence-corrected chi connectivity index (χ1v) is 11.6. The molecule has 3 rings (SSSR count). The summed E-state index contributed by atoms with van der Waals surface area (Å²) in [6.07, 6.45) is 3.13. The van der Waals surface area contributed by atoms with Crippen LogP contribution in [0.15, 0.2) is 23.4 Å². The molecule has 9 heteroatoms. The lowest BCUT2D eigenvalue weighted by Gasteiger charge is -2.30. The van der Waals surface area contributed by atoms with Gasteiger partial charge in [-0.3, -0.25) is 0 Å². The molecule has 0 radical (unpaired) electrons. The first-order chi connectivity index (χ1) is 13.6. The van der Waals surface area contributed by atoms with Crippen molar-refractivity contribution in [2.24, 2.45) is 5.92 Å². The van der Waals surface area contributed by atoms with Crippen LogP contribution in [0.5, 0.6) is 5.88 Å². The van der Waals surface area contributed by atoms with E-state index in [2.05, 4.69) is 36.0 Å². The van der Waals surface area contributed by atoms with Crippen LogP contribution in [0.4, 0.5) is 0 Å². The largest absolute Gasteiger partial charge is 0.476 e. The molecule has 0 bridgehead atoms. The Hall–Kier alpha value is -2.00. The average molecular weight is 422 g/mol. The summed E-state index contributed by atoms with van der Waals surface area (Å²) in [6, 6.07) is 3.79. The Bertz CT molecular complexity index is 924. The lowest BCUT2D eigenvalue weighted by molar-refractivity contribution is 0.179. The zero-order valence-electron chi connectivity index (χ0n) is 17.9. The smallest absolute Gasteiger partial charge is 0.262 e. The lowest BCUT2D eigenvalue weighted by atomic mass is 9.92. The summed E-state index contributed by atoms with van der Waals surface area (Å²) in [7, 11) is -3.54. The zero-order chi connectivity index (χ0) is 21.2. The summed E-state index contributed by atoms with van der Waals surface area (Å²) in [5.74, 6) is 1.52. The molecule has 0 unspecified atom stereocenters. The van der Waals surface area contributed by atoms with Crippen molar-refractivity contribution in [3.8, 4) is 5.88 Å². The SMILES string of the molecule is CCn1cc(S(=O)(=O)N2CCC(COc3ccc(C(C)(C)C)nn3)CC2)nc1C. The number of sulfonamides is 1. The number of hydrogen-bond acceptors (Lipinski definition) is 6. The first-order valence-electron chi connectivity index (χ1n) is 10.1. The van der Waals surface area contributed by atoms with Crippen LogP contribution in [-0.2, 0) is 22.0 Å². The van der Waals surface area contributed by atoms with Crippen LogP contribution in [0.1, 0.15) is 52.1 Å². The highest BCUT2D eigenvalue weighted by Gasteiger charge is 2.31. The minimum absolute atomic E-state index is 0.0463. The molecule has 8 nitrogen and oxygen atoms in total. The topological polar surface area (TPSA) is 90.2 Å². The van der Waals surface area contributed by atoms with Gasteiger partial charge in [0.2, 0.25) is 5.88 Å². The van der Waals surface area contributed by atoms with Crippen LogP contribution < -0.4 is 4.74 Å². The van der Waals surface area contributed by atoms with Gasteiger partial charge in [-0.15, -0.1) is 5.10 Å². The van der Waals surface area contributed by atoms with E-state index < -0.39 is 10.0 Å². The summed E-state index contributed by atoms with van der Waals surface area (Å²) >= 11 is 0. The molecule has 0 N–H and O–H groups in total. The third-order valence-electron chi connectivity index (χ3n) is 5.35. The molecule has 1 aliphatic heterocycles. The van der Waals surface area contributed by atoms with Gasteiger partial charge in [-0.25, -0.2) is 13.4 Å². The van der Waals surface area contributed by atoms with Gasteiger partial charge in [-0.1, -0.05) is 20.8 Å². The van der Waals surface area contributed by atoms with Gasteiger partial charge in [-0.2, -0.15) is 9.40 Å². The van der Waals surface area contributed by atoms with Gasteiger partial charge in [-0.05, 0) is 38.7 Å². The Morgan fingerprint density at radius 1 is 1.17 bits per heavy atom. The number of hydrogen-bond donors (Lipinski definition) is 0. The van der Waals surface area contributed by atoms with Crippen LogP contribution in [-0.4, -0.2) is 52.2 Å². The molecule has 0 saturated carbocycles. The van der Waals surface area contributed by atoms with Crippen molar-refractivity contribution in [2.45, 2.75) is 64.4 Å². The fourth-order valence-corrected chi connectivity index (χ4v) is 4.84. The van der Waals surface area contributed by atoms with Crippen molar-refractivity contribution in [3.05, 3.63) is 29.8 Å². The second-order valence-corrected chi connectivity index (χ2v) is 10.5. The van der Waals surface area contributed by atoms with E-state index in [1.54, 1.807) is 6.20 Å². The highest BCUT2D eigenvalue weighted by atomic mass is 32.2. The molecule has 0 amide bonds. The summed E-state index contributed by atoms with van der Waals surface area (Å²) in [5, 5.41) is 8.53. The van der Waals surface area contributed by atoms with E-state index in [1.807, 2.05) is 30.5 Å². The second-order valence-electron chi connectivity index (χ2n) is 8.58. The zero-order valence-corrected chi connectivity index (χ0v) is 18.7. The molecule has 3 heterocycles. The molecular weight excluding hydrogens is 390 g/mol. The Kier molecular flexibility index (Phi) is 6.28. The van der Waals surface area contributed by atoms with Gasteiger partial charge in [0.25, 0.3) is 10.0 Å². The molecular formula is C20H31N5O3S. The van der Waals surface area contributed by atoms with Gasteiger partial charge < -0.3 is 9.30 Å². The molecule has 0 aliphatic carbocycles. The molecule has 2 aromatic rings. The normalized spacial score (nSPS) is 16.9. The third kappa shape index (κ3) is 4.95. The third-order valence-corrected chi connectivity index (χ3v) is 7.12. The van der Waals surface area contributed by atoms with Crippen molar-refractivity contribution >= 4 is 10.0 Å².